The van der Waals surface area contributed by atoms with Crippen LogP contribution in [0.4, 0.5) is 0 Å². The Kier molecular flexibility index (Phi) is 5.25. The van der Waals surface area contributed by atoms with Gasteiger partial charge >= 0.3 is 5.97 Å². The molecule has 0 amide bonds. The van der Waals surface area contributed by atoms with Crippen molar-refractivity contribution in [3.8, 4) is 0 Å². The summed E-state index contributed by atoms with van der Waals surface area (Å²) in [6.45, 7) is 1.89. The fourth-order valence-electron chi connectivity index (χ4n) is 1.11. The molecule has 1 aromatic rings. The molecule has 1 rings (SSSR count). The van der Waals surface area contributed by atoms with Crippen LogP contribution in [0.25, 0.3) is 0 Å². The van der Waals surface area contributed by atoms with Gasteiger partial charge in [0.25, 0.3) is 5.22 Å². The molecule has 0 fully saturated rings. The van der Waals surface area contributed by atoms with E-state index in [2.05, 4.69) is 4.98 Å². The van der Waals surface area contributed by atoms with Crippen molar-refractivity contribution in [2.75, 3.05) is 5.75 Å². The molecule has 0 spiro atoms. The van der Waals surface area contributed by atoms with Crippen molar-refractivity contribution in [1.29, 1.82) is 0 Å². The molecular formula is C10H15NO3S. The fraction of sp³-hybridized carbons (Fsp3) is 0.600. The molecule has 0 saturated carbocycles. The number of hydrogen-bond acceptors (Lipinski definition) is 4. The van der Waals surface area contributed by atoms with Gasteiger partial charge in [0.1, 0.15) is 6.26 Å². The zero-order valence-corrected chi connectivity index (χ0v) is 9.55. The van der Waals surface area contributed by atoms with Crippen LogP contribution in [-0.4, -0.2) is 21.8 Å². The normalized spacial score (nSPS) is 10.5. The van der Waals surface area contributed by atoms with E-state index in [4.69, 9.17) is 9.52 Å². The smallest absolute Gasteiger partial charge is 0.303 e. The van der Waals surface area contributed by atoms with Crippen LogP contribution >= 0.6 is 11.8 Å². The van der Waals surface area contributed by atoms with Gasteiger partial charge in [0, 0.05) is 12.2 Å². The summed E-state index contributed by atoms with van der Waals surface area (Å²) in [5.41, 5.74) is 0.892. The second-order valence-corrected chi connectivity index (χ2v) is 4.35. The molecular weight excluding hydrogens is 214 g/mol. The lowest BCUT2D eigenvalue weighted by Gasteiger charge is -1.97. The van der Waals surface area contributed by atoms with Crippen molar-refractivity contribution in [2.24, 2.45) is 0 Å². The van der Waals surface area contributed by atoms with E-state index < -0.39 is 5.97 Å². The Labute approximate surface area is 93.1 Å². The van der Waals surface area contributed by atoms with E-state index in [1.54, 1.807) is 18.0 Å². The molecule has 1 aromatic heterocycles. The molecule has 15 heavy (non-hydrogen) atoms. The van der Waals surface area contributed by atoms with Crippen LogP contribution in [0.1, 0.15) is 31.4 Å². The molecule has 0 atom stereocenters. The number of unbranched alkanes of at least 4 members (excludes halogenated alkanes) is 2. The summed E-state index contributed by atoms with van der Waals surface area (Å²) in [5, 5.41) is 9.12. The summed E-state index contributed by atoms with van der Waals surface area (Å²) >= 11 is 1.57. The quantitative estimate of drug-likeness (QED) is 0.575. The van der Waals surface area contributed by atoms with Crippen molar-refractivity contribution in [1.82, 2.24) is 4.98 Å². The fourth-order valence-corrected chi connectivity index (χ4v) is 1.96. The molecule has 4 nitrogen and oxygen atoms in total. The van der Waals surface area contributed by atoms with E-state index in [1.807, 2.05) is 6.92 Å². The van der Waals surface area contributed by atoms with Gasteiger partial charge in [0.15, 0.2) is 0 Å². The Morgan fingerprint density at radius 2 is 2.33 bits per heavy atom. The topological polar surface area (TPSA) is 63.3 Å². The largest absolute Gasteiger partial charge is 0.481 e. The van der Waals surface area contributed by atoms with E-state index in [0.717, 1.165) is 30.7 Å². The molecule has 1 N–H and O–H groups in total. The number of carboxylic acids is 1. The summed E-state index contributed by atoms with van der Waals surface area (Å²) < 4.78 is 5.17. The summed E-state index contributed by atoms with van der Waals surface area (Å²) in [4.78, 5) is 14.4. The van der Waals surface area contributed by atoms with Crippen LogP contribution in [0.2, 0.25) is 0 Å². The molecule has 0 radical (unpaired) electrons. The van der Waals surface area contributed by atoms with Gasteiger partial charge in [-0.3, -0.25) is 4.79 Å². The summed E-state index contributed by atoms with van der Waals surface area (Å²) in [6, 6.07) is 0. The minimum absolute atomic E-state index is 0.267. The number of carbonyl (C=O) groups is 1. The molecule has 0 bridgehead atoms. The van der Waals surface area contributed by atoms with Crippen molar-refractivity contribution in [3.63, 3.8) is 0 Å². The summed E-state index contributed by atoms with van der Waals surface area (Å²) in [5.74, 6) is 0.213. The SMILES string of the molecule is Cc1coc(SCCCCCC(=O)O)n1. The molecule has 0 aliphatic carbocycles. The van der Waals surface area contributed by atoms with Crippen LogP contribution in [0, 0.1) is 6.92 Å². The van der Waals surface area contributed by atoms with Crippen LogP contribution in [0.15, 0.2) is 15.9 Å². The Hall–Kier alpha value is -0.970. The number of carboxylic acid groups (broad SMARTS) is 1. The summed E-state index contributed by atoms with van der Waals surface area (Å²) in [6.07, 6.45) is 4.59. The lowest BCUT2D eigenvalue weighted by molar-refractivity contribution is -0.137. The lowest BCUT2D eigenvalue weighted by Crippen LogP contribution is -1.93. The van der Waals surface area contributed by atoms with Gasteiger partial charge in [-0.15, -0.1) is 0 Å². The minimum atomic E-state index is -0.717. The van der Waals surface area contributed by atoms with Crippen LogP contribution in [0.3, 0.4) is 0 Å². The van der Waals surface area contributed by atoms with E-state index in [-0.39, 0.29) is 6.42 Å². The molecule has 5 heteroatoms. The van der Waals surface area contributed by atoms with Gasteiger partial charge in [0.2, 0.25) is 0 Å². The minimum Gasteiger partial charge on any atom is -0.481 e. The van der Waals surface area contributed by atoms with Gasteiger partial charge in [-0.05, 0) is 19.8 Å². The van der Waals surface area contributed by atoms with Crippen LogP contribution in [-0.2, 0) is 4.79 Å². The number of aliphatic carboxylic acids is 1. The number of oxazole rings is 1. The highest BCUT2D eigenvalue weighted by Crippen LogP contribution is 2.18. The first kappa shape index (κ1) is 12.1. The highest BCUT2D eigenvalue weighted by atomic mass is 32.2. The van der Waals surface area contributed by atoms with Gasteiger partial charge in [-0.2, -0.15) is 0 Å². The number of aromatic nitrogens is 1. The molecule has 0 aliphatic rings. The van der Waals surface area contributed by atoms with E-state index in [0.29, 0.717) is 5.22 Å². The first-order valence-corrected chi connectivity index (χ1v) is 5.94. The Balaban J connectivity index is 2.00. The standard InChI is InChI=1S/C10H15NO3S/c1-8-7-14-10(11-8)15-6-4-2-3-5-9(12)13/h7H,2-6H2,1H3,(H,12,13). The highest BCUT2D eigenvalue weighted by Gasteiger charge is 2.01. The molecule has 84 valence electrons. The number of rotatable bonds is 7. The second-order valence-electron chi connectivity index (χ2n) is 3.31. The van der Waals surface area contributed by atoms with Gasteiger partial charge in [0.05, 0.1) is 5.69 Å². The molecule has 0 aliphatic heterocycles. The average Bonchev–Trinajstić information content (AvgIpc) is 2.57. The average molecular weight is 229 g/mol. The van der Waals surface area contributed by atoms with E-state index in [9.17, 15) is 4.79 Å². The monoisotopic (exact) mass is 229 g/mol. The Bertz CT molecular complexity index is 311. The summed E-state index contributed by atoms with van der Waals surface area (Å²) in [7, 11) is 0. The number of hydrogen-bond donors (Lipinski definition) is 1. The van der Waals surface area contributed by atoms with Crippen LogP contribution < -0.4 is 0 Å². The highest BCUT2D eigenvalue weighted by molar-refractivity contribution is 7.99. The van der Waals surface area contributed by atoms with Crippen molar-refractivity contribution >= 4 is 17.7 Å². The Morgan fingerprint density at radius 1 is 1.53 bits per heavy atom. The molecule has 1 heterocycles. The zero-order valence-electron chi connectivity index (χ0n) is 8.73. The first-order valence-electron chi connectivity index (χ1n) is 4.95. The second kappa shape index (κ2) is 6.50. The number of thioether (sulfide) groups is 1. The van der Waals surface area contributed by atoms with E-state index in [1.165, 1.54) is 0 Å². The maximum atomic E-state index is 10.2. The zero-order chi connectivity index (χ0) is 11.1. The molecule has 0 unspecified atom stereocenters. The predicted octanol–water partition coefficient (Wildman–Crippen LogP) is 2.72. The lowest BCUT2D eigenvalue weighted by atomic mass is 10.2. The van der Waals surface area contributed by atoms with Crippen molar-refractivity contribution < 1.29 is 14.3 Å². The number of aryl methyl sites for hydroxylation is 1. The third kappa shape index (κ3) is 5.47. The van der Waals surface area contributed by atoms with E-state index >= 15 is 0 Å². The van der Waals surface area contributed by atoms with Gasteiger partial charge in [-0.1, -0.05) is 18.2 Å². The molecule has 0 saturated heterocycles. The maximum Gasteiger partial charge on any atom is 0.303 e. The van der Waals surface area contributed by atoms with Crippen molar-refractivity contribution in [2.45, 2.75) is 37.8 Å². The molecule has 0 aromatic carbocycles. The third-order valence-electron chi connectivity index (χ3n) is 1.86. The first-order chi connectivity index (χ1) is 7.18. The third-order valence-corrected chi connectivity index (χ3v) is 2.79. The predicted molar refractivity (Wildman–Crippen MR) is 58.1 cm³/mol. The van der Waals surface area contributed by atoms with Gasteiger partial charge < -0.3 is 9.52 Å². The van der Waals surface area contributed by atoms with Crippen LogP contribution in [0.5, 0.6) is 0 Å². The van der Waals surface area contributed by atoms with Crippen molar-refractivity contribution in [3.05, 3.63) is 12.0 Å². The maximum absolute atomic E-state index is 10.2. The van der Waals surface area contributed by atoms with Gasteiger partial charge in [-0.25, -0.2) is 4.98 Å². The number of nitrogens with zero attached hydrogens (tertiary/aromatic N) is 1. The Morgan fingerprint density at radius 3 is 2.93 bits per heavy atom.